The number of aliphatic hydroxyl groups excluding tert-OH is 1. The Labute approximate surface area is 152 Å². The molecule has 134 valence electrons. The lowest BCUT2D eigenvalue weighted by Gasteiger charge is -2.14. The van der Waals surface area contributed by atoms with Gasteiger partial charge < -0.3 is 20.5 Å². The summed E-state index contributed by atoms with van der Waals surface area (Å²) in [5.74, 6) is 0.675. The predicted molar refractivity (Wildman–Crippen MR) is 104 cm³/mol. The highest BCUT2D eigenvalue weighted by Gasteiger charge is 2.11. The summed E-state index contributed by atoms with van der Waals surface area (Å²) in [4.78, 5) is 12.0. The summed E-state index contributed by atoms with van der Waals surface area (Å²) in [5, 5.41) is 18.1. The van der Waals surface area contributed by atoms with Gasteiger partial charge in [0.2, 0.25) is 0 Å². The molecule has 26 heavy (non-hydrogen) atoms. The van der Waals surface area contributed by atoms with Crippen LogP contribution < -0.4 is 15.4 Å². The lowest BCUT2D eigenvalue weighted by molar-refractivity contribution is 0.169. The van der Waals surface area contributed by atoms with Crippen molar-refractivity contribution in [3.8, 4) is 5.75 Å². The van der Waals surface area contributed by atoms with E-state index in [-0.39, 0.29) is 6.03 Å². The standard InChI is InChI=1S/C21H22N2O3/c1-26-17-9-5-8-16(14-17)23-21(25)22-13-12-20(24)19-11-4-7-15-6-2-3-10-18(15)19/h2-11,14,20,24H,12-13H2,1H3,(H2,22,23,25). The van der Waals surface area contributed by atoms with E-state index < -0.39 is 6.10 Å². The second-order valence-electron chi connectivity index (χ2n) is 5.99. The SMILES string of the molecule is COc1cccc(NC(=O)NCCC(O)c2cccc3ccccc23)c1. The van der Waals surface area contributed by atoms with Crippen LogP contribution in [0.2, 0.25) is 0 Å². The van der Waals surface area contributed by atoms with Crippen LogP contribution in [0.15, 0.2) is 66.7 Å². The number of aliphatic hydroxyl groups is 1. The van der Waals surface area contributed by atoms with Gasteiger partial charge in [0.1, 0.15) is 5.75 Å². The molecule has 0 aliphatic carbocycles. The normalized spacial score (nSPS) is 11.8. The van der Waals surface area contributed by atoms with E-state index in [9.17, 15) is 9.90 Å². The van der Waals surface area contributed by atoms with E-state index in [1.165, 1.54) is 0 Å². The Kier molecular flexibility index (Phi) is 5.71. The first-order valence-electron chi connectivity index (χ1n) is 8.52. The van der Waals surface area contributed by atoms with E-state index in [1.807, 2.05) is 48.5 Å². The van der Waals surface area contributed by atoms with Crippen molar-refractivity contribution in [1.82, 2.24) is 5.32 Å². The molecule has 0 fully saturated rings. The molecule has 0 saturated heterocycles. The Balaban J connectivity index is 1.54. The first-order valence-corrected chi connectivity index (χ1v) is 8.52. The zero-order chi connectivity index (χ0) is 18.4. The molecule has 5 nitrogen and oxygen atoms in total. The van der Waals surface area contributed by atoms with Gasteiger partial charge in [0.15, 0.2) is 0 Å². The van der Waals surface area contributed by atoms with Crippen molar-refractivity contribution in [2.24, 2.45) is 0 Å². The molecule has 0 spiro atoms. The van der Waals surface area contributed by atoms with Crippen LogP contribution in [0.4, 0.5) is 10.5 Å². The number of nitrogens with one attached hydrogen (secondary N) is 2. The Morgan fingerprint density at radius 2 is 1.85 bits per heavy atom. The minimum atomic E-state index is -0.641. The van der Waals surface area contributed by atoms with E-state index in [4.69, 9.17) is 4.74 Å². The molecular formula is C21H22N2O3. The summed E-state index contributed by atoms with van der Waals surface area (Å²) < 4.78 is 5.13. The summed E-state index contributed by atoms with van der Waals surface area (Å²) in [6.07, 6.45) is -0.210. The van der Waals surface area contributed by atoms with E-state index in [2.05, 4.69) is 10.6 Å². The Morgan fingerprint density at radius 1 is 1.08 bits per heavy atom. The highest BCUT2D eigenvalue weighted by atomic mass is 16.5. The number of rotatable bonds is 6. The minimum Gasteiger partial charge on any atom is -0.497 e. The second-order valence-corrected chi connectivity index (χ2v) is 5.99. The maximum Gasteiger partial charge on any atom is 0.319 e. The number of amides is 2. The van der Waals surface area contributed by atoms with Crippen LogP contribution in [0, 0.1) is 0 Å². The molecule has 0 heterocycles. The first-order chi connectivity index (χ1) is 12.7. The maximum atomic E-state index is 12.0. The molecule has 1 unspecified atom stereocenters. The third-order valence-corrected chi connectivity index (χ3v) is 4.21. The van der Waals surface area contributed by atoms with Gasteiger partial charge in [0.25, 0.3) is 0 Å². The summed E-state index contributed by atoms with van der Waals surface area (Å²) >= 11 is 0. The summed E-state index contributed by atoms with van der Waals surface area (Å²) in [5.41, 5.74) is 1.52. The van der Waals surface area contributed by atoms with Gasteiger partial charge in [-0.15, -0.1) is 0 Å². The molecule has 1 atom stereocenters. The van der Waals surface area contributed by atoms with Crippen molar-refractivity contribution < 1.29 is 14.6 Å². The molecular weight excluding hydrogens is 328 g/mol. The molecule has 3 N–H and O–H groups in total. The zero-order valence-corrected chi connectivity index (χ0v) is 14.6. The number of benzene rings is 3. The second kappa shape index (κ2) is 8.36. The van der Waals surface area contributed by atoms with Crippen molar-refractivity contribution in [3.63, 3.8) is 0 Å². The van der Waals surface area contributed by atoms with Crippen LogP contribution in [-0.2, 0) is 0 Å². The number of ether oxygens (including phenoxy) is 1. The number of hydrogen-bond acceptors (Lipinski definition) is 3. The van der Waals surface area contributed by atoms with Crippen molar-refractivity contribution >= 4 is 22.5 Å². The van der Waals surface area contributed by atoms with Gasteiger partial charge in [-0.2, -0.15) is 0 Å². The van der Waals surface area contributed by atoms with Crippen LogP contribution >= 0.6 is 0 Å². The predicted octanol–water partition coefficient (Wildman–Crippen LogP) is 4.09. The lowest BCUT2D eigenvalue weighted by atomic mass is 9.99. The smallest absolute Gasteiger partial charge is 0.319 e. The molecule has 0 aliphatic rings. The van der Waals surface area contributed by atoms with E-state index in [0.717, 1.165) is 16.3 Å². The maximum absolute atomic E-state index is 12.0. The molecule has 5 heteroatoms. The zero-order valence-electron chi connectivity index (χ0n) is 14.6. The number of urea groups is 1. The molecule has 0 bridgehead atoms. The van der Waals surface area contributed by atoms with Gasteiger partial charge >= 0.3 is 6.03 Å². The summed E-state index contributed by atoms with van der Waals surface area (Å²) in [6, 6.07) is 20.6. The lowest BCUT2D eigenvalue weighted by Crippen LogP contribution is -2.30. The quantitative estimate of drug-likeness (QED) is 0.627. The number of methoxy groups -OCH3 is 1. The average Bonchev–Trinajstić information content (AvgIpc) is 2.67. The van der Waals surface area contributed by atoms with Crippen LogP contribution in [-0.4, -0.2) is 24.8 Å². The number of hydrogen-bond donors (Lipinski definition) is 3. The fourth-order valence-corrected chi connectivity index (χ4v) is 2.90. The Morgan fingerprint density at radius 3 is 2.69 bits per heavy atom. The van der Waals surface area contributed by atoms with Crippen molar-refractivity contribution in [1.29, 1.82) is 0 Å². The Hall–Kier alpha value is -3.05. The summed E-state index contributed by atoms with van der Waals surface area (Å²) in [6.45, 7) is 0.361. The number of fused-ring (bicyclic) bond motifs is 1. The van der Waals surface area contributed by atoms with E-state index in [1.54, 1.807) is 25.3 Å². The molecule has 0 aromatic heterocycles. The van der Waals surface area contributed by atoms with E-state index >= 15 is 0 Å². The van der Waals surface area contributed by atoms with Crippen LogP contribution in [0.1, 0.15) is 18.1 Å². The van der Waals surface area contributed by atoms with Gasteiger partial charge in [0.05, 0.1) is 13.2 Å². The summed E-state index contributed by atoms with van der Waals surface area (Å²) in [7, 11) is 1.58. The molecule has 0 saturated carbocycles. The van der Waals surface area contributed by atoms with Crippen LogP contribution in [0.5, 0.6) is 5.75 Å². The number of carbonyl (C=O) groups is 1. The molecule has 3 rings (SSSR count). The fraction of sp³-hybridized carbons (Fsp3) is 0.190. The highest BCUT2D eigenvalue weighted by molar-refractivity contribution is 5.89. The van der Waals surface area contributed by atoms with Gasteiger partial charge in [-0.1, -0.05) is 48.5 Å². The third-order valence-electron chi connectivity index (χ3n) is 4.21. The van der Waals surface area contributed by atoms with Crippen LogP contribution in [0.3, 0.4) is 0 Å². The first kappa shape index (κ1) is 17.8. The molecule has 2 amide bonds. The molecule has 3 aromatic rings. The van der Waals surface area contributed by atoms with Crippen molar-refractivity contribution in [2.75, 3.05) is 19.0 Å². The number of carbonyl (C=O) groups excluding carboxylic acids is 1. The molecule has 3 aromatic carbocycles. The average molecular weight is 350 g/mol. The van der Waals surface area contributed by atoms with Gasteiger partial charge in [-0.05, 0) is 34.9 Å². The van der Waals surface area contributed by atoms with Crippen LogP contribution in [0.25, 0.3) is 10.8 Å². The largest absolute Gasteiger partial charge is 0.497 e. The minimum absolute atomic E-state index is 0.316. The fourth-order valence-electron chi connectivity index (χ4n) is 2.90. The highest BCUT2D eigenvalue weighted by Crippen LogP contribution is 2.25. The van der Waals surface area contributed by atoms with Gasteiger partial charge in [-0.25, -0.2) is 4.79 Å². The topological polar surface area (TPSA) is 70.6 Å². The monoisotopic (exact) mass is 350 g/mol. The van der Waals surface area contributed by atoms with Gasteiger partial charge in [0, 0.05) is 18.3 Å². The molecule has 0 aliphatic heterocycles. The van der Waals surface area contributed by atoms with Crippen molar-refractivity contribution in [3.05, 3.63) is 72.3 Å². The Bertz CT molecular complexity index is 890. The van der Waals surface area contributed by atoms with Gasteiger partial charge in [-0.3, -0.25) is 0 Å². The molecule has 0 radical (unpaired) electrons. The number of anilines is 1. The van der Waals surface area contributed by atoms with E-state index in [0.29, 0.717) is 24.4 Å². The van der Waals surface area contributed by atoms with Crippen molar-refractivity contribution in [2.45, 2.75) is 12.5 Å². The third kappa shape index (κ3) is 4.32.